The summed E-state index contributed by atoms with van der Waals surface area (Å²) >= 11 is 0. The lowest BCUT2D eigenvalue weighted by Crippen LogP contribution is -2.35. The van der Waals surface area contributed by atoms with E-state index in [1.165, 1.54) is 36.1 Å². The molecule has 4 nitrogen and oxygen atoms in total. The normalized spacial score (nSPS) is 26.8. The lowest BCUT2D eigenvalue weighted by molar-refractivity contribution is 0.102. The van der Waals surface area contributed by atoms with Crippen molar-refractivity contribution in [2.75, 3.05) is 17.2 Å². The average molecular weight is 439 g/mol. The first-order valence-corrected chi connectivity index (χ1v) is 12.2. The lowest BCUT2D eigenvalue weighted by Gasteiger charge is -2.43. The maximum absolute atomic E-state index is 13.1. The second-order valence-electron chi connectivity index (χ2n) is 9.68. The van der Waals surface area contributed by atoms with E-state index in [0.29, 0.717) is 24.5 Å². The van der Waals surface area contributed by atoms with Crippen LogP contribution in [0, 0.1) is 17.8 Å². The van der Waals surface area contributed by atoms with E-state index < -0.39 is 0 Å². The van der Waals surface area contributed by atoms with E-state index >= 15 is 0 Å². The van der Waals surface area contributed by atoms with Crippen molar-refractivity contribution in [1.82, 2.24) is 0 Å². The monoisotopic (exact) mass is 438 g/mol. The molecule has 33 heavy (non-hydrogen) atoms. The molecule has 3 aliphatic rings. The molecule has 0 aromatic heterocycles. The summed E-state index contributed by atoms with van der Waals surface area (Å²) in [4.78, 5) is 13.1. The largest absolute Gasteiger partial charge is 0.494 e. The van der Waals surface area contributed by atoms with Crippen LogP contribution in [-0.4, -0.2) is 12.5 Å². The molecular formula is C29H30N2O2. The molecule has 4 heteroatoms. The molecule has 2 aliphatic carbocycles. The highest BCUT2D eigenvalue weighted by Crippen LogP contribution is 2.63. The summed E-state index contributed by atoms with van der Waals surface area (Å²) in [6.07, 6.45) is 3.97. The van der Waals surface area contributed by atoms with Gasteiger partial charge in [0.25, 0.3) is 5.91 Å². The molecule has 1 aliphatic heterocycles. The molecule has 2 fully saturated rings. The van der Waals surface area contributed by atoms with Crippen LogP contribution >= 0.6 is 0 Å². The highest BCUT2D eigenvalue weighted by atomic mass is 16.5. The molecule has 168 valence electrons. The fourth-order valence-corrected chi connectivity index (χ4v) is 6.62. The van der Waals surface area contributed by atoms with Gasteiger partial charge >= 0.3 is 0 Å². The van der Waals surface area contributed by atoms with Crippen LogP contribution in [0.4, 0.5) is 11.4 Å². The zero-order chi connectivity index (χ0) is 22.4. The van der Waals surface area contributed by atoms with Crippen LogP contribution in [0.5, 0.6) is 5.75 Å². The Hall–Kier alpha value is -3.27. The van der Waals surface area contributed by atoms with E-state index in [0.717, 1.165) is 28.8 Å². The van der Waals surface area contributed by atoms with E-state index in [2.05, 4.69) is 53.1 Å². The molecule has 0 radical (unpaired) electrons. The van der Waals surface area contributed by atoms with Crippen LogP contribution in [0.15, 0.2) is 72.8 Å². The summed E-state index contributed by atoms with van der Waals surface area (Å²) in [5.41, 5.74) is 5.40. The van der Waals surface area contributed by atoms with Crippen LogP contribution in [0.1, 0.15) is 59.6 Å². The molecule has 2 bridgehead atoms. The summed E-state index contributed by atoms with van der Waals surface area (Å²) in [6, 6.07) is 25.0. The van der Waals surface area contributed by atoms with Crippen LogP contribution < -0.4 is 15.4 Å². The standard InChI is InChI=1S/C29H30N2O2/c1-2-33-23-13-11-22(12-14-23)30-29(32)21-10-15-25-24(17-21)26-19-8-9-20(16-19)27(26)28(31-25)18-6-4-3-5-7-18/h3-7,10-15,17,19-20,26-28,31H,2,8-9,16H2,1H3,(H,30,32)/t19-,20-,26-,27-,28-/m0/s1. The van der Waals surface area contributed by atoms with Crippen molar-refractivity contribution in [2.24, 2.45) is 17.8 Å². The van der Waals surface area contributed by atoms with E-state index in [1.807, 2.05) is 37.3 Å². The summed E-state index contributed by atoms with van der Waals surface area (Å²) in [7, 11) is 0. The van der Waals surface area contributed by atoms with Gasteiger partial charge in [-0.25, -0.2) is 0 Å². The van der Waals surface area contributed by atoms with Gasteiger partial charge in [0.2, 0.25) is 0 Å². The van der Waals surface area contributed by atoms with E-state index in [9.17, 15) is 4.79 Å². The fourth-order valence-electron chi connectivity index (χ4n) is 6.62. The maximum Gasteiger partial charge on any atom is 0.255 e. The first-order valence-electron chi connectivity index (χ1n) is 12.2. The number of carbonyl (C=O) groups excluding carboxylic acids is 1. The SMILES string of the molecule is CCOc1ccc(NC(=O)c2ccc3c(c2)[C@@H]2[C@H]4CC[C@@H](C4)[C@@H]2[C@H](c2ccccc2)N3)cc1. The minimum Gasteiger partial charge on any atom is -0.494 e. The van der Waals surface area contributed by atoms with Crippen LogP contribution in [-0.2, 0) is 0 Å². The highest BCUT2D eigenvalue weighted by Gasteiger charge is 2.53. The minimum atomic E-state index is -0.0631. The van der Waals surface area contributed by atoms with E-state index in [4.69, 9.17) is 4.74 Å². The first-order chi connectivity index (χ1) is 16.2. The molecule has 2 saturated carbocycles. The molecule has 1 amide bonds. The van der Waals surface area contributed by atoms with Gasteiger partial charge in [0.15, 0.2) is 0 Å². The summed E-state index contributed by atoms with van der Waals surface area (Å²) in [6.45, 7) is 2.59. The first kappa shape index (κ1) is 20.3. The molecule has 0 saturated heterocycles. The van der Waals surface area contributed by atoms with Crippen molar-refractivity contribution in [2.45, 2.75) is 38.1 Å². The zero-order valence-electron chi connectivity index (χ0n) is 19.0. The topological polar surface area (TPSA) is 50.4 Å². The van der Waals surface area contributed by atoms with Gasteiger partial charge in [0.05, 0.1) is 12.6 Å². The van der Waals surface area contributed by atoms with Gasteiger partial charge in [-0.15, -0.1) is 0 Å². The number of ether oxygens (including phenoxy) is 1. The van der Waals surface area contributed by atoms with Crippen molar-refractivity contribution in [3.8, 4) is 5.75 Å². The van der Waals surface area contributed by atoms with Gasteiger partial charge in [-0.2, -0.15) is 0 Å². The van der Waals surface area contributed by atoms with E-state index in [-0.39, 0.29) is 5.91 Å². The quantitative estimate of drug-likeness (QED) is 0.470. The van der Waals surface area contributed by atoms with Crippen molar-refractivity contribution >= 4 is 17.3 Å². The predicted molar refractivity (Wildman–Crippen MR) is 132 cm³/mol. The van der Waals surface area contributed by atoms with Crippen LogP contribution in [0.25, 0.3) is 0 Å². The molecule has 3 aromatic carbocycles. The summed E-state index contributed by atoms with van der Waals surface area (Å²) in [5.74, 6) is 3.38. The smallest absolute Gasteiger partial charge is 0.255 e. The van der Waals surface area contributed by atoms with Gasteiger partial charge in [-0.1, -0.05) is 30.3 Å². The number of hydrogen-bond donors (Lipinski definition) is 2. The number of nitrogens with one attached hydrogen (secondary N) is 2. The fraction of sp³-hybridized carbons (Fsp3) is 0.345. The van der Waals surface area contributed by atoms with Crippen molar-refractivity contribution in [3.05, 3.63) is 89.5 Å². The zero-order valence-corrected chi connectivity index (χ0v) is 19.0. The van der Waals surface area contributed by atoms with Crippen molar-refractivity contribution < 1.29 is 9.53 Å². The van der Waals surface area contributed by atoms with Gasteiger partial charge < -0.3 is 15.4 Å². The number of anilines is 2. The molecule has 2 N–H and O–H groups in total. The maximum atomic E-state index is 13.1. The van der Waals surface area contributed by atoms with Gasteiger partial charge in [0.1, 0.15) is 5.75 Å². The number of amides is 1. The Bertz CT molecular complexity index is 1160. The van der Waals surface area contributed by atoms with E-state index in [1.54, 1.807) is 0 Å². The minimum absolute atomic E-state index is 0.0631. The molecule has 6 rings (SSSR count). The molecule has 0 unspecified atom stereocenters. The number of fused-ring (bicyclic) bond motifs is 7. The Morgan fingerprint density at radius 2 is 1.79 bits per heavy atom. The molecule has 0 spiro atoms. The van der Waals surface area contributed by atoms with Gasteiger partial charge in [-0.3, -0.25) is 4.79 Å². The number of rotatable bonds is 5. The van der Waals surface area contributed by atoms with Gasteiger partial charge in [0, 0.05) is 16.9 Å². The third-order valence-electron chi connectivity index (χ3n) is 7.93. The van der Waals surface area contributed by atoms with Crippen molar-refractivity contribution in [1.29, 1.82) is 0 Å². The van der Waals surface area contributed by atoms with Crippen LogP contribution in [0.3, 0.4) is 0 Å². The Morgan fingerprint density at radius 3 is 2.58 bits per heavy atom. The number of benzene rings is 3. The third-order valence-corrected chi connectivity index (χ3v) is 7.93. The van der Waals surface area contributed by atoms with Gasteiger partial charge in [-0.05, 0) is 103 Å². The molecule has 3 aromatic rings. The Balaban J connectivity index is 1.29. The van der Waals surface area contributed by atoms with Crippen LogP contribution in [0.2, 0.25) is 0 Å². The number of hydrogen-bond acceptors (Lipinski definition) is 3. The second-order valence-corrected chi connectivity index (χ2v) is 9.68. The molecule has 5 atom stereocenters. The third kappa shape index (κ3) is 3.58. The summed E-state index contributed by atoms with van der Waals surface area (Å²) < 4.78 is 5.50. The molecule has 1 heterocycles. The van der Waals surface area contributed by atoms with Crippen molar-refractivity contribution in [3.63, 3.8) is 0 Å². The Morgan fingerprint density at radius 1 is 1.00 bits per heavy atom. The number of carbonyl (C=O) groups is 1. The highest BCUT2D eigenvalue weighted by molar-refractivity contribution is 6.04. The predicted octanol–water partition coefficient (Wildman–Crippen LogP) is 6.63. The Kier molecular flexibility index (Phi) is 5.09. The Labute approximate surface area is 195 Å². The second kappa shape index (κ2) is 8.26. The molecular weight excluding hydrogens is 408 g/mol. The average Bonchev–Trinajstić information content (AvgIpc) is 3.48. The summed E-state index contributed by atoms with van der Waals surface area (Å²) in [5, 5.41) is 6.91. The lowest BCUT2D eigenvalue weighted by atomic mass is 9.68.